The highest BCUT2D eigenvalue weighted by atomic mass is 32.1. The summed E-state index contributed by atoms with van der Waals surface area (Å²) in [7, 11) is 0. The molecule has 2 aromatic heterocycles. The lowest BCUT2D eigenvalue weighted by atomic mass is 9.89. The number of nitrogens with one attached hydrogen (secondary N) is 1. The van der Waals surface area contributed by atoms with Crippen LogP contribution in [0.3, 0.4) is 0 Å². The first-order valence-electron chi connectivity index (χ1n) is 9.64. The van der Waals surface area contributed by atoms with E-state index in [0.717, 1.165) is 41.6 Å². The molecule has 0 spiro atoms. The lowest BCUT2D eigenvalue weighted by Crippen LogP contribution is -2.85. The summed E-state index contributed by atoms with van der Waals surface area (Å²) < 4.78 is 13.7. The summed E-state index contributed by atoms with van der Waals surface area (Å²) in [4.78, 5) is 22.7. The van der Waals surface area contributed by atoms with Crippen molar-refractivity contribution in [1.82, 2.24) is 9.97 Å². The minimum absolute atomic E-state index is 0.0172. The van der Waals surface area contributed by atoms with Crippen molar-refractivity contribution in [2.75, 3.05) is 6.54 Å². The van der Waals surface area contributed by atoms with Crippen LogP contribution in [0.15, 0.2) is 29.1 Å². The van der Waals surface area contributed by atoms with Crippen LogP contribution in [-0.2, 0) is 19.3 Å². The van der Waals surface area contributed by atoms with Gasteiger partial charge in [-0.15, -0.1) is 11.3 Å². The highest BCUT2D eigenvalue weighted by molar-refractivity contribution is 7.18. The summed E-state index contributed by atoms with van der Waals surface area (Å²) in [5, 5.41) is 2.90. The Morgan fingerprint density at radius 2 is 2.22 bits per heavy atom. The summed E-state index contributed by atoms with van der Waals surface area (Å²) >= 11 is 1.68. The molecule has 0 saturated heterocycles. The van der Waals surface area contributed by atoms with Gasteiger partial charge in [0.2, 0.25) is 0 Å². The summed E-state index contributed by atoms with van der Waals surface area (Å²) in [6, 6.07) is 6.89. The molecule has 0 saturated carbocycles. The maximum atomic E-state index is 13.7. The molecule has 0 unspecified atom stereocenters. The predicted molar refractivity (Wildman–Crippen MR) is 107 cm³/mol. The van der Waals surface area contributed by atoms with E-state index in [4.69, 9.17) is 4.98 Å². The Labute approximate surface area is 161 Å². The molecule has 0 fully saturated rings. The van der Waals surface area contributed by atoms with Crippen molar-refractivity contribution >= 4 is 21.6 Å². The van der Waals surface area contributed by atoms with E-state index < -0.39 is 0 Å². The molecule has 27 heavy (non-hydrogen) atoms. The Bertz CT molecular complexity index is 1030. The Morgan fingerprint density at radius 3 is 3.04 bits per heavy atom. The number of hydrogen-bond acceptors (Lipinski definition) is 3. The number of aromatic amines is 1. The molecular formula is C21H25FN3OS+. The van der Waals surface area contributed by atoms with Gasteiger partial charge in [0.15, 0.2) is 5.82 Å². The van der Waals surface area contributed by atoms with E-state index in [0.29, 0.717) is 18.2 Å². The number of benzene rings is 1. The molecule has 3 N–H and O–H groups in total. The average molecular weight is 387 g/mol. The molecule has 1 aliphatic rings. The number of hydrogen-bond donors (Lipinski definition) is 2. The Morgan fingerprint density at radius 1 is 1.41 bits per heavy atom. The largest absolute Gasteiger partial charge is 0.337 e. The fraction of sp³-hybridized carbons (Fsp3) is 0.429. The maximum absolute atomic E-state index is 13.7. The van der Waals surface area contributed by atoms with E-state index in [2.05, 4.69) is 17.2 Å². The van der Waals surface area contributed by atoms with Crippen molar-refractivity contribution in [3.05, 3.63) is 62.3 Å². The van der Waals surface area contributed by atoms with E-state index in [9.17, 15) is 9.18 Å². The zero-order chi connectivity index (χ0) is 19.0. The maximum Gasteiger partial charge on any atom is 0.260 e. The lowest BCUT2D eigenvalue weighted by Gasteiger charge is -2.17. The second kappa shape index (κ2) is 7.52. The van der Waals surface area contributed by atoms with E-state index in [1.807, 2.05) is 19.1 Å². The molecule has 4 rings (SSSR count). The minimum atomic E-state index is -0.162. The summed E-state index contributed by atoms with van der Waals surface area (Å²) in [5.74, 6) is 1.22. The summed E-state index contributed by atoms with van der Waals surface area (Å²) in [5.41, 5.74) is 1.92. The van der Waals surface area contributed by atoms with Gasteiger partial charge in [0.25, 0.3) is 5.56 Å². The molecule has 0 aliphatic heterocycles. The van der Waals surface area contributed by atoms with Gasteiger partial charge in [-0.25, -0.2) is 9.37 Å². The van der Waals surface area contributed by atoms with Crippen LogP contribution in [0.4, 0.5) is 4.39 Å². The first-order valence-corrected chi connectivity index (χ1v) is 10.5. The van der Waals surface area contributed by atoms with Crippen LogP contribution in [0.5, 0.6) is 0 Å². The minimum Gasteiger partial charge on any atom is -0.337 e. The van der Waals surface area contributed by atoms with Crippen LogP contribution >= 0.6 is 11.3 Å². The molecule has 0 bridgehead atoms. The Kier molecular flexibility index (Phi) is 5.10. The first kappa shape index (κ1) is 18.3. The molecule has 4 nitrogen and oxygen atoms in total. The first-order chi connectivity index (χ1) is 13.0. The molecular weight excluding hydrogens is 361 g/mol. The molecule has 142 valence electrons. The van der Waals surface area contributed by atoms with E-state index >= 15 is 0 Å². The van der Waals surface area contributed by atoms with Crippen molar-refractivity contribution in [3.8, 4) is 0 Å². The lowest BCUT2D eigenvalue weighted by molar-refractivity contribution is -0.693. The van der Waals surface area contributed by atoms with E-state index in [1.165, 1.54) is 16.5 Å². The quantitative estimate of drug-likeness (QED) is 0.708. The number of fused-ring (bicyclic) bond motifs is 3. The molecule has 0 amide bonds. The zero-order valence-electron chi connectivity index (χ0n) is 15.7. The van der Waals surface area contributed by atoms with E-state index in [1.54, 1.807) is 17.4 Å². The monoisotopic (exact) mass is 386 g/mol. The number of nitrogens with two attached hydrogens (primary N) is 1. The number of rotatable bonds is 5. The summed E-state index contributed by atoms with van der Waals surface area (Å²) in [6.45, 7) is 5.03. The number of H-pyrrole nitrogens is 1. The fourth-order valence-corrected chi connectivity index (χ4v) is 5.27. The number of halogens is 1. The van der Waals surface area contributed by atoms with Crippen LogP contribution in [0, 0.1) is 11.7 Å². The molecule has 2 atom stereocenters. The van der Waals surface area contributed by atoms with Crippen molar-refractivity contribution in [2.24, 2.45) is 5.92 Å². The van der Waals surface area contributed by atoms with Gasteiger partial charge in [-0.3, -0.25) is 4.79 Å². The fourth-order valence-electron chi connectivity index (χ4n) is 3.88. The number of aryl methyl sites for hydroxylation is 1. The molecule has 3 aromatic rings. The van der Waals surface area contributed by atoms with Crippen molar-refractivity contribution in [2.45, 2.75) is 45.6 Å². The van der Waals surface area contributed by atoms with Crippen molar-refractivity contribution < 1.29 is 9.71 Å². The second-order valence-corrected chi connectivity index (χ2v) is 8.72. The number of aromatic nitrogens is 2. The molecule has 1 aromatic carbocycles. The topological polar surface area (TPSA) is 62.4 Å². The van der Waals surface area contributed by atoms with Crippen LogP contribution in [0.2, 0.25) is 0 Å². The standard InChI is InChI=1S/C21H24FN3OS/c1-12-7-8-15-17(11-12)27-21-18(15)20(26)24-19(25-21)13(2)23-10-9-14-5-3-4-6-16(14)22/h3-6,12-13,23H,7-11H2,1-2H3,(H,24,25,26)/p+1/t12-,13+/m0/s1. The Hall–Kier alpha value is -2.05. The highest BCUT2D eigenvalue weighted by Crippen LogP contribution is 2.35. The predicted octanol–water partition coefficient (Wildman–Crippen LogP) is 3.12. The SMILES string of the molecule is C[C@H]1CCc2c(sc3nc([C@@H](C)[NH2+]CCc4ccccc4F)[nH]c(=O)c23)C1. The van der Waals surface area contributed by atoms with Gasteiger partial charge in [-0.1, -0.05) is 25.1 Å². The van der Waals surface area contributed by atoms with E-state index in [-0.39, 0.29) is 17.4 Å². The zero-order valence-corrected chi connectivity index (χ0v) is 16.5. The van der Waals surface area contributed by atoms with Gasteiger partial charge in [-0.05, 0) is 49.3 Å². The Balaban J connectivity index is 1.51. The van der Waals surface area contributed by atoms with Gasteiger partial charge in [0, 0.05) is 11.3 Å². The van der Waals surface area contributed by atoms with Gasteiger partial charge < -0.3 is 10.3 Å². The van der Waals surface area contributed by atoms with Gasteiger partial charge in [0.05, 0.1) is 11.9 Å². The number of thiophene rings is 1. The van der Waals surface area contributed by atoms with Gasteiger partial charge in [-0.2, -0.15) is 0 Å². The third kappa shape index (κ3) is 3.69. The second-order valence-electron chi connectivity index (χ2n) is 7.64. The normalized spacial score (nSPS) is 17.8. The third-order valence-electron chi connectivity index (χ3n) is 5.51. The summed E-state index contributed by atoms with van der Waals surface area (Å²) in [6.07, 6.45) is 3.81. The highest BCUT2D eigenvalue weighted by Gasteiger charge is 2.24. The van der Waals surface area contributed by atoms with Crippen molar-refractivity contribution in [1.29, 1.82) is 0 Å². The molecule has 6 heteroatoms. The van der Waals surface area contributed by atoms with Gasteiger partial charge >= 0.3 is 0 Å². The third-order valence-corrected chi connectivity index (χ3v) is 6.66. The van der Waals surface area contributed by atoms with Crippen LogP contribution in [-0.4, -0.2) is 16.5 Å². The van der Waals surface area contributed by atoms with Crippen molar-refractivity contribution in [3.63, 3.8) is 0 Å². The molecule has 2 heterocycles. The smallest absolute Gasteiger partial charge is 0.260 e. The molecule has 0 radical (unpaired) electrons. The number of quaternary nitrogens is 1. The van der Waals surface area contributed by atoms with Crippen LogP contribution in [0.1, 0.15) is 48.1 Å². The van der Waals surface area contributed by atoms with Crippen LogP contribution < -0.4 is 10.9 Å². The van der Waals surface area contributed by atoms with Gasteiger partial charge in [0.1, 0.15) is 16.7 Å². The number of nitrogens with zero attached hydrogens (tertiary/aromatic N) is 1. The average Bonchev–Trinajstić information content (AvgIpc) is 3.01. The van der Waals surface area contributed by atoms with Crippen LogP contribution in [0.25, 0.3) is 10.2 Å². The molecule has 1 aliphatic carbocycles.